The second kappa shape index (κ2) is 7.10. The van der Waals surface area contributed by atoms with Gasteiger partial charge in [0.2, 0.25) is 11.1 Å². The molecule has 1 N–H and O–H groups in total. The van der Waals surface area contributed by atoms with E-state index in [1.54, 1.807) is 0 Å². The molecule has 2 aromatic rings. The van der Waals surface area contributed by atoms with Crippen molar-refractivity contribution in [2.45, 2.75) is 23.3 Å². The van der Waals surface area contributed by atoms with E-state index >= 15 is 0 Å². The third kappa shape index (κ3) is 3.97. The minimum absolute atomic E-state index is 0.0201. The van der Waals surface area contributed by atoms with Gasteiger partial charge < -0.3 is 5.32 Å². The maximum atomic E-state index is 12.0. The number of para-hydroxylation sites is 1. The van der Waals surface area contributed by atoms with Gasteiger partial charge in [0.25, 0.3) is 0 Å². The highest BCUT2D eigenvalue weighted by Crippen LogP contribution is 2.24. The van der Waals surface area contributed by atoms with E-state index in [-0.39, 0.29) is 5.91 Å². The number of carbonyl (C=O) groups is 1. The second-order valence-corrected chi connectivity index (χ2v) is 6.90. The summed E-state index contributed by atoms with van der Waals surface area (Å²) in [6.45, 7) is 3.98. The second-order valence-electron chi connectivity index (χ2n) is 4.15. The van der Waals surface area contributed by atoms with Crippen LogP contribution in [0.15, 0.2) is 27.7 Å². The van der Waals surface area contributed by atoms with Crippen molar-refractivity contribution in [1.29, 1.82) is 0 Å². The zero-order valence-electron chi connectivity index (χ0n) is 11.5. The number of hydrogen-bond acceptors (Lipinski definition) is 6. The topological polar surface area (TPSA) is 54.9 Å². The summed E-state index contributed by atoms with van der Waals surface area (Å²) < 4.78 is 4.99. The first-order valence-corrected chi connectivity index (χ1v) is 8.95. The van der Waals surface area contributed by atoms with Gasteiger partial charge in [-0.05, 0) is 42.8 Å². The van der Waals surface area contributed by atoms with Crippen molar-refractivity contribution in [3.63, 3.8) is 0 Å². The van der Waals surface area contributed by atoms with Crippen LogP contribution >= 0.6 is 35.1 Å². The van der Waals surface area contributed by atoms with Gasteiger partial charge in [0.15, 0.2) is 4.34 Å². The lowest BCUT2D eigenvalue weighted by Crippen LogP contribution is -2.15. The molecule has 1 heterocycles. The number of hydrogen-bond donors (Lipinski definition) is 1. The Balaban J connectivity index is 1.92. The number of benzene rings is 1. The quantitative estimate of drug-likeness (QED) is 0.851. The molecule has 0 aliphatic heterocycles. The van der Waals surface area contributed by atoms with Gasteiger partial charge in [0, 0.05) is 5.69 Å². The standard InChI is InChI=1S/C13H15N3OS3/c1-8-5-4-6-9(2)11(8)14-10(17)7-19-13-15-12(18-3)16-20-13/h4-6H,7H2,1-3H3,(H,14,17). The zero-order chi connectivity index (χ0) is 14.5. The molecule has 2 rings (SSSR count). The molecular formula is C13H15N3OS3. The summed E-state index contributed by atoms with van der Waals surface area (Å²) in [5.41, 5.74) is 3.05. The Morgan fingerprint density at radius 1 is 1.35 bits per heavy atom. The molecule has 0 fully saturated rings. The van der Waals surface area contributed by atoms with Gasteiger partial charge in [-0.1, -0.05) is 41.7 Å². The lowest BCUT2D eigenvalue weighted by atomic mass is 10.1. The number of aryl methyl sites for hydroxylation is 2. The van der Waals surface area contributed by atoms with E-state index < -0.39 is 0 Å². The highest BCUT2D eigenvalue weighted by atomic mass is 32.2. The number of carbonyl (C=O) groups excluding carboxylic acids is 1. The van der Waals surface area contributed by atoms with E-state index in [1.165, 1.54) is 35.1 Å². The predicted molar refractivity (Wildman–Crippen MR) is 87.0 cm³/mol. The van der Waals surface area contributed by atoms with Crippen molar-refractivity contribution in [1.82, 2.24) is 9.36 Å². The van der Waals surface area contributed by atoms with E-state index in [0.29, 0.717) is 5.75 Å². The largest absolute Gasteiger partial charge is 0.325 e. The monoisotopic (exact) mass is 325 g/mol. The number of nitrogens with one attached hydrogen (secondary N) is 1. The summed E-state index contributed by atoms with van der Waals surface area (Å²) in [7, 11) is 0. The smallest absolute Gasteiger partial charge is 0.234 e. The van der Waals surface area contributed by atoms with E-state index in [1.807, 2.05) is 38.3 Å². The van der Waals surface area contributed by atoms with Crippen LogP contribution in [0.5, 0.6) is 0 Å². The first-order chi connectivity index (χ1) is 9.60. The van der Waals surface area contributed by atoms with Crippen LogP contribution in [-0.4, -0.2) is 27.3 Å². The summed E-state index contributed by atoms with van der Waals surface area (Å²) in [5.74, 6) is 0.324. The van der Waals surface area contributed by atoms with Crippen LogP contribution in [0, 0.1) is 13.8 Å². The number of amides is 1. The van der Waals surface area contributed by atoms with Crippen molar-refractivity contribution in [3.8, 4) is 0 Å². The molecule has 106 valence electrons. The summed E-state index contributed by atoms with van der Waals surface area (Å²) >= 11 is 4.25. The normalized spacial score (nSPS) is 10.6. The Morgan fingerprint density at radius 3 is 2.65 bits per heavy atom. The van der Waals surface area contributed by atoms with E-state index in [2.05, 4.69) is 14.7 Å². The molecule has 0 spiro atoms. The summed E-state index contributed by atoms with van der Waals surface area (Å²) in [6, 6.07) is 5.97. The van der Waals surface area contributed by atoms with Gasteiger partial charge in [-0.15, -0.1) is 0 Å². The molecule has 20 heavy (non-hydrogen) atoms. The highest BCUT2D eigenvalue weighted by molar-refractivity contribution is 8.01. The molecule has 0 unspecified atom stereocenters. The van der Waals surface area contributed by atoms with Crippen molar-refractivity contribution < 1.29 is 4.79 Å². The van der Waals surface area contributed by atoms with Crippen molar-refractivity contribution >= 4 is 46.7 Å². The number of aromatic nitrogens is 2. The number of rotatable bonds is 5. The molecule has 1 amide bonds. The number of thioether (sulfide) groups is 2. The molecule has 1 aromatic carbocycles. The maximum absolute atomic E-state index is 12.0. The van der Waals surface area contributed by atoms with E-state index in [0.717, 1.165) is 26.3 Å². The molecule has 0 saturated carbocycles. The molecule has 0 atom stereocenters. The van der Waals surface area contributed by atoms with E-state index in [9.17, 15) is 4.79 Å². The Labute approximate surface area is 130 Å². The zero-order valence-corrected chi connectivity index (χ0v) is 13.9. The molecule has 7 heteroatoms. The highest BCUT2D eigenvalue weighted by Gasteiger charge is 2.10. The van der Waals surface area contributed by atoms with Crippen LogP contribution in [0.25, 0.3) is 0 Å². The average molecular weight is 325 g/mol. The summed E-state index contributed by atoms with van der Waals surface area (Å²) in [6.07, 6.45) is 1.93. The molecule has 0 aliphatic rings. The SMILES string of the molecule is CSc1nsc(SCC(=O)Nc2c(C)cccc2C)n1. The van der Waals surface area contributed by atoms with Gasteiger partial charge >= 0.3 is 0 Å². The fourth-order valence-electron chi connectivity index (χ4n) is 1.65. The lowest BCUT2D eigenvalue weighted by Gasteiger charge is -2.10. The molecule has 4 nitrogen and oxygen atoms in total. The first kappa shape index (κ1) is 15.3. The Bertz CT molecular complexity index is 592. The van der Waals surface area contributed by atoms with Crippen LogP contribution < -0.4 is 5.32 Å². The van der Waals surface area contributed by atoms with Crippen molar-refractivity contribution in [2.75, 3.05) is 17.3 Å². The van der Waals surface area contributed by atoms with Gasteiger partial charge in [0.05, 0.1) is 5.75 Å². The Morgan fingerprint density at radius 2 is 2.05 bits per heavy atom. The maximum Gasteiger partial charge on any atom is 0.234 e. The van der Waals surface area contributed by atoms with Gasteiger partial charge in [-0.2, -0.15) is 4.37 Å². The average Bonchev–Trinajstić information content (AvgIpc) is 2.89. The van der Waals surface area contributed by atoms with Gasteiger partial charge in [0.1, 0.15) is 0 Å². The van der Waals surface area contributed by atoms with E-state index in [4.69, 9.17) is 0 Å². The minimum Gasteiger partial charge on any atom is -0.325 e. The van der Waals surface area contributed by atoms with Crippen LogP contribution in [0.3, 0.4) is 0 Å². The molecular weight excluding hydrogens is 310 g/mol. The molecule has 0 saturated heterocycles. The number of nitrogens with zero attached hydrogens (tertiary/aromatic N) is 2. The minimum atomic E-state index is -0.0201. The Kier molecular flexibility index (Phi) is 5.45. The lowest BCUT2D eigenvalue weighted by molar-refractivity contribution is -0.113. The summed E-state index contributed by atoms with van der Waals surface area (Å²) in [5, 5.41) is 3.72. The fraction of sp³-hybridized carbons (Fsp3) is 0.308. The van der Waals surface area contributed by atoms with Gasteiger partial charge in [-0.25, -0.2) is 4.98 Å². The molecule has 1 aromatic heterocycles. The van der Waals surface area contributed by atoms with Crippen LogP contribution in [0.2, 0.25) is 0 Å². The van der Waals surface area contributed by atoms with Crippen molar-refractivity contribution in [3.05, 3.63) is 29.3 Å². The van der Waals surface area contributed by atoms with Gasteiger partial charge in [-0.3, -0.25) is 4.79 Å². The predicted octanol–water partition coefficient (Wildman–Crippen LogP) is 3.61. The summed E-state index contributed by atoms with van der Waals surface area (Å²) in [4.78, 5) is 16.3. The first-order valence-electron chi connectivity index (χ1n) is 5.96. The Hall–Kier alpha value is -1.05. The molecule has 0 bridgehead atoms. The van der Waals surface area contributed by atoms with Crippen LogP contribution in [0.1, 0.15) is 11.1 Å². The van der Waals surface area contributed by atoms with Crippen molar-refractivity contribution in [2.24, 2.45) is 0 Å². The molecule has 0 aliphatic carbocycles. The van der Waals surface area contributed by atoms with Crippen LogP contribution in [-0.2, 0) is 4.79 Å². The number of anilines is 1. The molecule has 0 radical (unpaired) electrons. The third-order valence-electron chi connectivity index (χ3n) is 2.64. The fourth-order valence-corrected chi connectivity index (χ4v) is 3.66. The van der Waals surface area contributed by atoms with Crippen LogP contribution in [0.4, 0.5) is 5.69 Å². The third-order valence-corrected chi connectivity index (χ3v) is 5.14.